The first-order valence-corrected chi connectivity index (χ1v) is 17.1. The molecule has 0 saturated heterocycles. The Hall–Kier alpha value is -2.95. The van der Waals surface area contributed by atoms with Crippen molar-refractivity contribution in [2.75, 3.05) is 26.4 Å². The summed E-state index contributed by atoms with van der Waals surface area (Å²) in [4.78, 5) is 59.2. The van der Waals surface area contributed by atoms with E-state index in [9.17, 15) is 29.1 Å². The molecule has 260 valence electrons. The van der Waals surface area contributed by atoms with Crippen molar-refractivity contribution in [1.82, 2.24) is 16.0 Å². The molecule has 3 amide bonds. The molecule has 0 bridgehead atoms. The van der Waals surface area contributed by atoms with Gasteiger partial charge in [0.2, 0.25) is 17.7 Å². The fourth-order valence-electron chi connectivity index (χ4n) is 4.48. The number of carboxylic acids is 1. The van der Waals surface area contributed by atoms with Gasteiger partial charge in [0.05, 0.1) is 19.6 Å². The van der Waals surface area contributed by atoms with Crippen LogP contribution >= 0.6 is 0 Å². The fraction of sp³-hybridized carbons (Fsp3) is 0.794. The molecule has 11 nitrogen and oxygen atoms in total. The van der Waals surface area contributed by atoms with Crippen molar-refractivity contribution in [2.45, 2.75) is 143 Å². The van der Waals surface area contributed by atoms with E-state index in [1.165, 1.54) is 64.7 Å². The molecule has 0 fully saturated rings. The largest absolute Gasteiger partial charge is 0.480 e. The molecule has 0 heterocycles. The third kappa shape index (κ3) is 26.0. The lowest BCUT2D eigenvalue weighted by atomic mass is 10.0. The maximum atomic E-state index is 12.2. The first kappa shape index (κ1) is 42.0. The number of carboxylic acid groups (broad SMARTS) is 1. The number of unbranched alkanes of at least 4 members (excludes halogenated alkanes) is 11. The van der Waals surface area contributed by atoms with Crippen LogP contribution in [0.4, 0.5) is 0 Å². The van der Waals surface area contributed by atoms with Gasteiger partial charge in [-0.1, -0.05) is 84.3 Å². The van der Waals surface area contributed by atoms with Crippen LogP contribution < -0.4 is 16.0 Å². The summed E-state index contributed by atoms with van der Waals surface area (Å²) < 4.78 is 10.4. The van der Waals surface area contributed by atoms with Crippen LogP contribution in [0.1, 0.15) is 130 Å². The minimum atomic E-state index is -1.16. The molecule has 2 atom stereocenters. The zero-order valence-corrected chi connectivity index (χ0v) is 28.3. The van der Waals surface area contributed by atoms with E-state index >= 15 is 0 Å². The second-order valence-electron chi connectivity index (χ2n) is 11.9. The smallest absolute Gasteiger partial charge is 0.326 e. The van der Waals surface area contributed by atoms with E-state index in [4.69, 9.17) is 9.47 Å². The van der Waals surface area contributed by atoms with Crippen molar-refractivity contribution in [1.29, 1.82) is 0 Å². The topological polar surface area (TPSA) is 160 Å². The summed E-state index contributed by atoms with van der Waals surface area (Å²) in [5, 5.41) is 16.8. The number of esters is 1. The number of carbonyl (C=O) groups is 5. The molecule has 0 aromatic rings. The highest BCUT2D eigenvalue weighted by molar-refractivity contribution is 5.90. The van der Waals surface area contributed by atoms with Gasteiger partial charge in [-0.25, -0.2) is 4.79 Å². The molecule has 0 rings (SSSR count). The molecule has 0 unspecified atom stereocenters. The molecular formula is C34H61N3O8. The highest BCUT2D eigenvalue weighted by atomic mass is 16.6. The molecule has 4 N–H and O–H groups in total. The van der Waals surface area contributed by atoms with E-state index in [0.29, 0.717) is 19.6 Å². The van der Waals surface area contributed by atoms with E-state index in [-0.39, 0.29) is 37.9 Å². The standard InChI is InChI=1S/C34H61N3O8/c1-5-6-7-8-9-10-11-12-13-14-15-16-17-18-19-20-29(38)35-23-24-44-25-26-45-31(40)22-21-30(39)36-28(4)33(41)37-32(27(2)3)34(42)43/h12-13,27-28,32H,5-11,14-26H2,1-4H3,(H,35,38)(H,36,39)(H,37,41)(H,42,43)/t28-,32-/m0/s1. The number of carbonyl (C=O) groups excluding carboxylic acids is 4. The van der Waals surface area contributed by atoms with Gasteiger partial charge in [0.1, 0.15) is 18.7 Å². The molecule has 0 aliphatic rings. The van der Waals surface area contributed by atoms with Crippen molar-refractivity contribution in [3.63, 3.8) is 0 Å². The normalized spacial score (nSPS) is 12.6. The quantitative estimate of drug-likeness (QED) is 0.0493. The summed E-state index contributed by atoms with van der Waals surface area (Å²) in [5.74, 6) is -3.20. The first-order valence-electron chi connectivity index (χ1n) is 17.1. The molecule has 45 heavy (non-hydrogen) atoms. The van der Waals surface area contributed by atoms with E-state index in [1.54, 1.807) is 13.8 Å². The summed E-state index contributed by atoms with van der Waals surface area (Å²) in [6, 6.07) is -2.02. The van der Waals surface area contributed by atoms with Gasteiger partial charge < -0.3 is 30.5 Å². The second-order valence-corrected chi connectivity index (χ2v) is 11.9. The van der Waals surface area contributed by atoms with Gasteiger partial charge >= 0.3 is 11.9 Å². The highest BCUT2D eigenvalue weighted by Gasteiger charge is 2.26. The Labute approximate surface area is 271 Å². The molecule has 0 aromatic carbocycles. The SMILES string of the molecule is CCCCCCCCC=CCCCCCCCC(=O)NCCOCCOC(=O)CCC(=O)N[C@@H](C)C(=O)N[C@H](C(=O)O)C(C)C. The summed E-state index contributed by atoms with van der Waals surface area (Å²) in [5.41, 5.74) is 0. The molecule has 0 aromatic heterocycles. The molecule has 0 saturated carbocycles. The molecular weight excluding hydrogens is 578 g/mol. The van der Waals surface area contributed by atoms with E-state index in [1.807, 2.05) is 0 Å². The highest BCUT2D eigenvalue weighted by Crippen LogP contribution is 2.10. The lowest BCUT2D eigenvalue weighted by Gasteiger charge is -2.21. The Morgan fingerprint density at radius 2 is 1.29 bits per heavy atom. The van der Waals surface area contributed by atoms with Crippen LogP contribution in [0.2, 0.25) is 0 Å². The summed E-state index contributed by atoms with van der Waals surface area (Å²) in [7, 11) is 0. The van der Waals surface area contributed by atoms with Gasteiger partial charge in [-0.2, -0.15) is 0 Å². The van der Waals surface area contributed by atoms with Crippen molar-refractivity contribution in [3.05, 3.63) is 12.2 Å². The minimum Gasteiger partial charge on any atom is -0.480 e. The number of hydrogen-bond acceptors (Lipinski definition) is 7. The Morgan fingerprint density at radius 3 is 1.89 bits per heavy atom. The Kier molecular flexibility index (Phi) is 26.6. The first-order chi connectivity index (χ1) is 21.6. The van der Waals surface area contributed by atoms with Crippen LogP contribution in [0.15, 0.2) is 12.2 Å². The number of aliphatic carboxylic acids is 1. The fourth-order valence-corrected chi connectivity index (χ4v) is 4.48. The van der Waals surface area contributed by atoms with Gasteiger partial charge in [0.15, 0.2) is 0 Å². The maximum absolute atomic E-state index is 12.2. The van der Waals surface area contributed by atoms with Gasteiger partial charge in [-0.05, 0) is 44.9 Å². The number of nitrogens with one attached hydrogen (secondary N) is 3. The number of hydrogen-bond donors (Lipinski definition) is 4. The number of ether oxygens (including phenoxy) is 2. The lowest BCUT2D eigenvalue weighted by molar-refractivity contribution is -0.146. The minimum absolute atomic E-state index is 0.00866. The summed E-state index contributed by atoms with van der Waals surface area (Å²) >= 11 is 0. The van der Waals surface area contributed by atoms with Crippen molar-refractivity contribution >= 4 is 29.7 Å². The molecule has 0 radical (unpaired) electrons. The predicted octanol–water partition coefficient (Wildman–Crippen LogP) is 5.21. The zero-order chi connectivity index (χ0) is 33.7. The monoisotopic (exact) mass is 639 g/mol. The number of rotatable bonds is 29. The zero-order valence-electron chi connectivity index (χ0n) is 28.3. The van der Waals surface area contributed by atoms with Crippen LogP contribution in [0.25, 0.3) is 0 Å². The number of allylic oxidation sites excluding steroid dienone is 2. The third-order valence-corrected chi connectivity index (χ3v) is 7.28. The van der Waals surface area contributed by atoms with Crippen molar-refractivity contribution < 1.29 is 38.6 Å². The van der Waals surface area contributed by atoms with Gasteiger partial charge in [0.25, 0.3) is 0 Å². The Morgan fingerprint density at radius 1 is 0.689 bits per heavy atom. The third-order valence-electron chi connectivity index (χ3n) is 7.28. The van der Waals surface area contributed by atoms with Crippen LogP contribution in [0, 0.1) is 5.92 Å². The average molecular weight is 640 g/mol. The molecule has 0 aliphatic heterocycles. The summed E-state index contributed by atoms with van der Waals surface area (Å²) in [6.07, 6.45) is 20.7. The predicted molar refractivity (Wildman–Crippen MR) is 175 cm³/mol. The van der Waals surface area contributed by atoms with Gasteiger partial charge in [0, 0.05) is 19.4 Å². The molecule has 0 spiro atoms. The average Bonchev–Trinajstić information content (AvgIpc) is 2.99. The maximum Gasteiger partial charge on any atom is 0.326 e. The van der Waals surface area contributed by atoms with E-state index in [0.717, 1.165) is 25.7 Å². The molecule has 0 aliphatic carbocycles. The lowest BCUT2D eigenvalue weighted by Crippen LogP contribution is -2.52. The van der Waals surface area contributed by atoms with Crippen LogP contribution in [-0.4, -0.2) is 73.2 Å². The Balaban J connectivity index is 3.65. The van der Waals surface area contributed by atoms with Crippen molar-refractivity contribution in [3.8, 4) is 0 Å². The molecule has 11 heteroatoms. The van der Waals surface area contributed by atoms with E-state index < -0.39 is 35.8 Å². The van der Waals surface area contributed by atoms with Crippen LogP contribution in [-0.2, 0) is 33.4 Å². The van der Waals surface area contributed by atoms with Gasteiger partial charge in [-0.3, -0.25) is 19.2 Å². The van der Waals surface area contributed by atoms with Gasteiger partial charge in [-0.15, -0.1) is 0 Å². The van der Waals surface area contributed by atoms with Crippen LogP contribution in [0.3, 0.4) is 0 Å². The number of amides is 3. The van der Waals surface area contributed by atoms with E-state index in [2.05, 4.69) is 35.0 Å². The second kappa shape index (κ2) is 28.5. The Bertz CT molecular complexity index is 862. The van der Waals surface area contributed by atoms with Crippen molar-refractivity contribution in [2.24, 2.45) is 5.92 Å². The van der Waals surface area contributed by atoms with Crippen LogP contribution in [0.5, 0.6) is 0 Å². The summed E-state index contributed by atoms with van der Waals surface area (Å²) in [6.45, 7) is 7.89.